The normalized spacial score (nSPS) is 13.0. The van der Waals surface area contributed by atoms with Crippen LogP contribution in [0.1, 0.15) is 41.9 Å². The molecule has 0 fully saturated rings. The molecule has 7 heteroatoms. The van der Waals surface area contributed by atoms with E-state index in [1.807, 2.05) is 43.8 Å². The van der Waals surface area contributed by atoms with Crippen molar-refractivity contribution in [1.82, 2.24) is 24.5 Å². The number of allylic oxidation sites excluding steroid dienone is 1. The minimum absolute atomic E-state index is 0.0727. The summed E-state index contributed by atoms with van der Waals surface area (Å²) in [7, 11) is 1.91. The molecule has 2 heterocycles. The Labute approximate surface area is 110 Å². The molecule has 1 atom stereocenters. The van der Waals surface area contributed by atoms with Gasteiger partial charge in [0.2, 0.25) is 0 Å². The number of aryl methyl sites for hydroxylation is 1. The minimum atomic E-state index is -1.09. The lowest BCUT2D eigenvalue weighted by Gasteiger charge is -2.06. The highest BCUT2D eigenvalue weighted by atomic mass is 16.4. The van der Waals surface area contributed by atoms with Gasteiger partial charge < -0.3 is 9.67 Å². The third kappa shape index (κ3) is 2.54. The Morgan fingerprint density at radius 1 is 1.47 bits per heavy atom. The third-order valence-electron chi connectivity index (χ3n) is 2.80. The van der Waals surface area contributed by atoms with Gasteiger partial charge >= 0.3 is 5.97 Å². The number of imidazole rings is 1. The van der Waals surface area contributed by atoms with Crippen LogP contribution in [0.25, 0.3) is 6.08 Å². The van der Waals surface area contributed by atoms with Crippen LogP contribution in [0, 0.1) is 0 Å². The average molecular weight is 261 g/mol. The topological polar surface area (TPSA) is 85.8 Å². The Balaban J connectivity index is 2.30. The van der Waals surface area contributed by atoms with Crippen LogP contribution in [0.3, 0.4) is 0 Å². The highest BCUT2D eigenvalue weighted by Gasteiger charge is 2.16. The fourth-order valence-corrected chi connectivity index (χ4v) is 1.71. The zero-order chi connectivity index (χ0) is 14.0. The standard InChI is InChI=1S/C12H15N5O2/c1-4-5-11-13-9(6-16(11)3)8(2)17-7-10(12(18)19)14-15-17/h4-8H,1-3H3,(H,18,19)/b5-4-. The Kier molecular flexibility index (Phi) is 3.46. The van der Waals surface area contributed by atoms with Crippen molar-refractivity contribution >= 4 is 12.0 Å². The van der Waals surface area contributed by atoms with E-state index in [0.29, 0.717) is 0 Å². The molecule has 0 bridgehead atoms. The lowest BCUT2D eigenvalue weighted by atomic mass is 10.2. The second kappa shape index (κ2) is 5.05. The first-order valence-electron chi connectivity index (χ1n) is 5.84. The maximum atomic E-state index is 10.8. The van der Waals surface area contributed by atoms with Crippen molar-refractivity contribution in [2.45, 2.75) is 19.9 Å². The molecule has 0 aliphatic rings. The molecule has 2 aromatic heterocycles. The summed E-state index contributed by atoms with van der Waals surface area (Å²) >= 11 is 0. The van der Waals surface area contributed by atoms with E-state index in [4.69, 9.17) is 5.11 Å². The Morgan fingerprint density at radius 2 is 2.21 bits per heavy atom. The molecule has 7 nitrogen and oxygen atoms in total. The van der Waals surface area contributed by atoms with Gasteiger partial charge in [0.25, 0.3) is 0 Å². The molecule has 19 heavy (non-hydrogen) atoms. The van der Waals surface area contributed by atoms with Crippen molar-refractivity contribution in [3.05, 3.63) is 35.7 Å². The lowest BCUT2D eigenvalue weighted by molar-refractivity contribution is 0.0690. The summed E-state index contributed by atoms with van der Waals surface area (Å²) < 4.78 is 3.39. The summed E-state index contributed by atoms with van der Waals surface area (Å²) in [5.74, 6) is -0.253. The minimum Gasteiger partial charge on any atom is -0.476 e. The van der Waals surface area contributed by atoms with E-state index in [-0.39, 0.29) is 11.7 Å². The van der Waals surface area contributed by atoms with Crippen LogP contribution in [0.2, 0.25) is 0 Å². The van der Waals surface area contributed by atoms with Crippen LogP contribution in [0.5, 0.6) is 0 Å². The molecule has 2 aromatic rings. The van der Waals surface area contributed by atoms with Gasteiger partial charge in [-0.25, -0.2) is 14.5 Å². The van der Waals surface area contributed by atoms with E-state index in [1.54, 1.807) is 0 Å². The number of aromatic nitrogens is 5. The Hall–Kier alpha value is -2.44. The molecule has 0 saturated heterocycles. The van der Waals surface area contributed by atoms with Gasteiger partial charge in [0.15, 0.2) is 5.69 Å². The molecule has 0 aliphatic carbocycles. The van der Waals surface area contributed by atoms with Crippen molar-refractivity contribution in [3.8, 4) is 0 Å². The summed E-state index contributed by atoms with van der Waals surface area (Å²) in [5, 5.41) is 16.2. The highest BCUT2D eigenvalue weighted by Crippen LogP contribution is 2.16. The molecular formula is C12H15N5O2. The zero-order valence-corrected chi connectivity index (χ0v) is 11.0. The van der Waals surface area contributed by atoms with Gasteiger partial charge in [0.05, 0.1) is 17.9 Å². The molecular weight excluding hydrogens is 246 g/mol. The summed E-state index contributed by atoms with van der Waals surface area (Å²) in [5.41, 5.74) is 0.730. The maximum absolute atomic E-state index is 10.8. The van der Waals surface area contributed by atoms with Crippen LogP contribution >= 0.6 is 0 Å². The first kappa shape index (κ1) is 13.0. The Morgan fingerprint density at radius 3 is 2.79 bits per heavy atom. The maximum Gasteiger partial charge on any atom is 0.358 e. The second-order valence-corrected chi connectivity index (χ2v) is 4.20. The summed E-state index contributed by atoms with van der Waals surface area (Å²) in [6, 6.07) is -0.175. The first-order valence-corrected chi connectivity index (χ1v) is 5.84. The van der Waals surface area contributed by atoms with E-state index in [9.17, 15) is 4.79 Å². The number of hydrogen-bond donors (Lipinski definition) is 1. The van der Waals surface area contributed by atoms with Crippen molar-refractivity contribution in [1.29, 1.82) is 0 Å². The zero-order valence-electron chi connectivity index (χ0n) is 11.0. The van der Waals surface area contributed by atoms with Crippen LogP contribution in [-0.4, -0.2) is 35.6 Å². The highest BCUT2D eigenvalue weighted by molar-refractivity contribution is 5.84. The number of carboxylic acids is 1. The van der Waals surface area contributed by atoms with Gasteiger partial charge in [-0.05, 0) is 19.9 Å². The fourth-order valence-electron chi connectivity index (χ4n) is 1.71. The molecule has 100 valence electrons. The van der Waals surface area contributed by atoms with E-state index in [1.165, 1.54) is 10.9 Å². The SMILES string of the molecule is C/C=C\c1nc(C(C)n2cc(C(=O)O)nn2)cn1C. The van der Waals surface area contributed by atoms with Gasteiger partial charge in [-0.2, -0.15) is 0 Å². The van der Waals surface area contributed by atoms with Crippen LogP contribution in [0.4, 0.5) is 0 Å². The van der Waals surface area contributed by atoms with Gasteiger partial charge in [-0.3, -0.25) is 0 Å². The largest absolute Gasteiger partial charge is 0.476 e. The predicted octanol–water partition coefficient (Wildman–Crippen LogP) is 1.35. The molecule has 2 rings (SSSR count). The van der Waals surface area contributed by atoms with E-state index >= 15 is 0 Å². The molecule has 0 amide bonds. The summed E-state index contributed by atoms with van der Waals surface area (Å²) in [6.45, 7) is 3.82. The molecule has 0 aromatic carbocycles. The van der Waals surface area contributed by atoms with Gasteiger partial charge in [0, 0.05) is 13.2 Å². The van der Waals surface area contributed by atoms with Crippen LogP contribution in [0.15, 0.2) is 18.5 Å². The predicted molar refractivity (Wildman–Crippen MR) is 68.7 cm³/mol. The van der Waals surface area contributed by atoms with E-state index < -0.39 is 5.97 Å². The first-order chi connectivity index (χ1) is 9.02. The molecule has 0 radical (unpaired) electrons. The average Bonchev–Trinajstić information content (AvgIpc) is 2.97. The van der Waals surface area contributed by atoms with Crippen molar-refractivity contribution < 1.29 is 9.90 Å². The van der Waals surface area contributed by atoms with Crippen molar-refractivity contribution in [3.63, 3.8) is 0 Å². The number of hydrogen-bond acceptors (Lipinski definition) is 4. The van der Waals surface area contributed by atoms with Crippen LogP contribution in [-0.2, 0) is 7.05 Å². The third-order valence-corrected chi connectivity index (χ3v) is 2.80. The number of rotatable bonds is 4. The van der Waals surface area contributed by atoms with E-state index in [0.717, 1.165) is 11.5 Å². The smallest absolute Gasteiger partial charge is 0.358 e. The summed E-state index contributed by atoms with van der Waals surface area (Å²) in [4.78, 5) is 15.2. The van der Waals surface area contributed by atoms with Crippen molar-refractivity contribution in [2.24, 2.45) is 7.05 Å². The lowest BCUT2D eigenvalue weighted by Crippen LogP contribution is -2.08. The number of aromatic carboxylic acids is 1. The number of nitrogens with zero attached hydrogens (tertiary/aromatic N) is 5. The number of carboxylic acid groups (broad SMARTS) is 1. The van der Waals surface area contributed by atoms with E-state index in [2.05, 4.69) is 15.3 Å². The summed E-state index contributed by atoms with van der Waals surface area (Å²) in [6.07, 6.45) is 7.11. The molecule has 0 saturated carbocycles. The van der Waals surface area contributed by atoms with Crippen molar-refractivity contribution in [2.75, 3.05) is 0 Å². The molecule has 1 unspecified atom stereocenters. The van der Waals surface area contributed by atoms with Gasteiger partial charge in [-0.1, -0.05) is 11.3 Å². The van der Waals surface area contributed by atoms with Crippen LogP contribution < -0.4 is 0 Å². The van der Waals surface area contributed by atoms with Gasteiger partial charge in [-0.15, -0.1) is 5.10 Å². The fraction of sp³-hybridized carbons (Fsp3) is 0.333. The van der Waals surface area contributed by atoms with Gasteiger partial charge in [0.1, 0.15) is 5.82 Å². The Bertz CT molecular complexity index is 626. The second-order valence-electron chi connectivity index (χ2n) is 4.20. The molecule has 0 aliphatic heterocycles. The number of carbonyl (C=O) groups is 1. The molecule has 0 spiro atoms. The molecule has 1 N–H and O–H groups in total. The quantitative estimate of drug-likeness (QED) is 0.897. The monoisotopic (exact) mass is 261 g/mol.